The van der Waals surface area contributed by atoms with Crippen LogP contribution in [0.2, 0.25) is 0 Å². The number of aliphatic hydroxyl groups is 1. The Balaban J connectivity index is 1.44. The Labute approximate surface area is 198 Å². The van der Waals surface area contributed by atoms with E-state index in [1.807, 2.05) is 6.08 Å². The van der Waals surface area contributed by atoms with E-state index in [2.05, 4.69) is 41.5 Å². The van der Waals surface area contributed by atoms with Crippen molar-refractivity contribution in [2.24, 2.45) is 52.3 Å². The van der Waals surface area contributed by atoms with Crippen LogP contribution in [0.15, 0.2) is 11.6 Å². The SMILES string of the molecule is CCC(CC(O)[C@@H](C)CC1CCC2C3CCC4=CC(=O)CC[C@]4(C)C3CC[C@]12C)C(C)C. The van der Waals surface area contributed by atoms with Gasteiger partial charge in [0.2, 0.25) is 0 Å². The zero-order valence-corrected chi connectivity index (χ0v) is 21.8. The summed E-state index contributed by atoms with van der Waals surface area (Å²) in [5, 5.41) is 11.0. The minimum atomic E-state index is -0.151. The van der Waals surface area contributed by atoms with Gasteiger partial charge in [-0.1, -0.05) is 53.5 Å². The van der Waals surface area contributed by atoms with Gasteiger partial charge in [0.25, 0.3) is 0 Å². The maximum Gasteiger partial charge on any atom is 0.155 e. The van der Waals surface area contributed by atoms with Gasteiger partial charge in [-0.25, -0.2) is 0 Å². The molecule has 0 aliphatic heterocycles. The van der Waals surface area contributed by atoms with Crippen LogP contribution in [0.5, 0.6) is 0 Å². The summed E-state index contributed by atoms with van der Waals surface area (Å²) < 4.78 is 0. The Kier molecular flexibility index (Phi) is 7.04. The predicted octanol–water partition coefficient (Wildman–Crippen LogP) is 7.59. The maximum absolute atomic E-state index is 12.1. The smallest absolute Gasteiger partial charge is 0.155 e. The molecule has 1 N–H and O–H groups in total. The van der Waals surface area contributed by atoms with Gasteiger partial charge in [0, 0.05) is 6.42 Å². The zero-order valence-electron chi connectivity index (χ0n) is 21.8. The Morgan fingerprint density at radius 2 is 1.78 bits per heavy atom. The van der Waals surface area contributed by atoms with Gasteiger partial charge in [0.05, 0.1) is 6.10 Å². The van der Waals surface area contributed by atoms with Crippen LogP contribution in [0, 0.1) is 52.3 Å². The van der Waals surface area contributed by atoms with Crippen LogP contribution in [0.1, 0.15) is 112 Å². The molecule has 32 heavy (non-hydrogen) atoms. The summed E-state index contributed by atoms with van der Waals surface area (Å²) >= 11 is 0. The zero-order chi connectivity index (χ0) is 23.3. The van der Waals surface area contributed by atoms with Crippen molar-refractivity contribution in [3.05, 3.63) is 11.6 Å². The fraction of sp³-hybridized carbons (Fsp3) is 0.900. The number of rotatable bonds is 7. The first kappa shape index (κ1) is 24.5. The molecule has 0 bridgehead atoms. The van der Waals surface area contributed by atoms with Crippen LogP contribution in [0.4, 0.5) is 0 Å². The van der Waals surface area contributed by atoms with Crippen molar-refractivity contribution in [2.75, 3.05) is 0 Å². The first-order valence-electron chi connectivity index (χ1n) is 14.0. The van der Waals surface area contributed by atoms with Crippen LogP contribution in [0.3, 0.4) is 0 Å². The number of fused-ring (bicyclic) bond motifs is 5. The van der Waals surface area contributed by atoms with Gasteiger partial charge in [0.1, 0.15) is 0 Å². The normalized spacial score (nSPS) is 42.0. The molecule has 0 spiro atoms. The van der Waals surface area contributed by atoms with Gasteiger partial charge >= 0.3 is 0 Å². The molecule has 3 saturated carbocycles. The van der Waals surface area contributed by atoms with Gasteiger partial charge in [-0.05, 0) is 116 Å². The summed E-state index contributed by atoms with van der Waals surface area (Å²) in [6.45, 7) is 14.3. The third-order valence-electron chi connectivity index (χ3n) is 11.5. The first-order valence-corrected chi connectivity index (χ1v) is 14.0. The first-order chi connectivity index (χ1) is 15.1. The number of ketones is 1. The van der Waals surface area contributed by atoms with Crippen LogP contribution < -0.4 is 0 Å². The Hall–Kier alpha value is -0.630. The lowest BCUT2D eigenvalue weighted by Gasteiger charge is -2.58. The van der Waals surface area contributed by atoms with Gasteiger partial charge in [-0.3, -0.25) is 4.79 Å². The van der Waals surface area contributed by atoms with E-state index >= 15 is 0 Å². The minimum Gasteiger partial charge on any atom is -0.393 e. The molecule has 0 aromatic carbocycles. The van der Waals surface area contributed by atoms with E-state index in [4.69, 9.17) is 0 Å². The lowest BCUT2D eigenvalue weighted by Crippen LogP contribution is -2.50. The molecule has 2 nitrogen and oxygen atoms in total. The van der Waals surface area contributed by atoms with Gasteiger partial charge in [-0.15, -0.1) is 0 Å². The molecule has 4 rings (SSSR count). The lowest BCUT2D eigenvalue weighted by molar-refractivity contribution is -0.117. The van der Waals surface area contributed by atoms with Crippen LogP contribution >= 0.6 is 0 Å². The summed E-state index contributed by atoms with van der Waals surface area (Å²) in [7, 11) is 0. The average molecular weight is 443 g/mol. The van der Waals surface area contributed by atoms with Crippen LogP contribution in [-0.4, -0.2) is 17.0 Å². The van der Waals surface area contributed by atoms with E-state index in [-0.39, 0.29) is 11.5 Å². The summed E-state index contributed by atoms with van der Waals surface area (Å²) in [6.07, 6.45) is 15.0. The van der Waals surface area contributed by atoms with Crippen molar-refractivity contribution < 1.29 is 9.90 Å². The molecule has 4 aliphatic rings. The summed E-state index contributed by atoms with van der Waals surface area (Å²) in [5.41, 5.74) is 2.23. The van der Waals surface area contributed by atoms with E-state index in [9.17, 15) is 9.90 Å². The molecule has 0 aromatic heterocycles. The molecule has 3 fully saturated rings. The van der Waals surface area contributed by atoms with Gasteiger partial charge in [0.15, 0.2) is 5.78 Å². The van der Waals surface area contributed by atoms with Gasteiger partial charge < -0.3 is 5.11 Å². The second-order valence-electron chi connectivity index (χ2n) is 13.2. The van der Waals surface area contributed by atoms with Crippen molar-refractivity contribution in [1.82, 2.24) is 0 Å². The fourth-order valence-electron chi connectivity index (χ4n) is 9.11. The van der Waals surface area contributed by atoms with E-state index in [0.29, 0.717) is 29.0 Å². The summed E-state index contributed by atoms with van der Waals surface area (Å²) in [6, 6.07) is 0. The topological polar surface area (TPSA) is 37.3 Å². The Morgan fingerprint density at radius 1 is 1.03 bits per heavy atom. The van der Waals surface area contributed by atoms with Crippen LogP contribution in [-0.2, 0) is 4.79 Å². The highest BCUT2D eigenvalue weighted by Crippen LogP contribution is 2.67. The maximum atomic E-state index is 12.1. The molecular weight excluding hydrogens is 392 g/mol. The highest BCUT2D eigenvalue weighted by atomic mass is 16.3. The summed E-state index contributed by atoms with van der Waals surface area (Å²) in [4.78, 5) is 12.1. The molecule has 0 radical (unpaired) electrons. The predicted molar refractivity (Wildman–Crippen MR) is 133 cm³/mol. The van der Waals surface area contributed by atoms with Crippen molar-refractivity contribution in [3.8, 4) is 0 Å². The molecular formula is C30H50O2. The second-order valence-corrected chi connectivity index (χ2v) is 13.2. The third-order valence-corrected chi connectivity index (χ3v) is 11.5. The number of hydrogen-bond donors (Lipinski definition) is 1. The third kappa shape index (κ3) is 4.16. The standard InChI is InChI=1S/C30H50O2/c1-7-21(19(2)3)17-28(32)20(4)16-22-9-11-26-25-10-8-23-18-24(31)12-14-29(23,5)27(25)13-15-30(22,26)6/h18-22,25-28,32H,7-17H2,1-6H3/t20-,21?,22?,25?,26?,27?,28?,29-,30+/m0/s1. The molecule has 9 atom stereocenters. The molecule has 0 amide bonds. The monoisotopic (exact) mass is 442 g/mol. The van der Waals surface area contributed by atoms with E-state index in [1.54, 1.807) is 0 Å². The summed E-state index contributed by atoms with van der Waals surface area (Å²) in [5.74, 6) is 5.33. The molecule has 0 heterocycles. The quantitative estimate of drug-likeness (QED) is 0.441. The lowest BCUT2D eigenvalue weighted by atomic mass is 9.46. The second kappa shape index (κ2) is 9.20. The average Bonchev–Trinajstić information content (AvgIpc) is 3.08. The molecule has 0 saturated heterocycles. The number of hydrogen-bond acceptors (Lipinski definition) is 2. The minimum absolute atomic E-state index is 0.151. The fourth-order valence-corrected chi connectivity index (χ4v) is 9.11. The molecule has 6 unspecified atom stereocenters. The number of aliphatic hydroxyl groups excluding tert-OH is 1. The molecule has 4 aliphatic carbocycles. The highest BCUT2D eigenvalue weighted by molar-refractivity contribution is 5.91. The van der Waals surface area contributed by atoms with Gasteiger partial charge in [-0.2, -0.15) is 0 Å². The molecule has 2 heteroatoms. The van der Waals surface area contributed by atoms with E-state index in [0.717, 1.165) is 49.4 Å². The molecule has 182 valence electrons. The highest BCUT2D eigenvalue weighted by Gasteiger charge is 2.58. The Bertz CT molecular complexity index is 722. The van der Waals surface area contributed by atoms with Crippen molar-refractivity contribution in [2.45, 2.75) is 118 Å². The van der Waals surface area contributed by atoms with Crippen molar-refractivity contribution in [1.29, 1.82) is 0 Å². The number of allylic oxidation sites excluding steroid dienone is 1. The van der Waals surface area contributed by atoms with Crippen LogP contribution in [0.25, 0.3) is 0 Å². The molecule has 0 aromatic rings. The number of carbonyl (C=O) groups excluding carboxylic acids is 1. The van der Waals surface area contributed by atoms with Crippen molar-refractivity contribution >= 4 is 5.78 Å². The number of carbonyl (C=O) groups is 1. The Morgan fingerprint density at radius 3 is 2.47 bits per heavy atom. The largest absolute Gasteiger partial charge is 0.393 e. The van der Waals surface area contributed by atoms with E-state index < -0.39 is 0 Å². The van der Waals surface area contributed by atoms with Crippen molar-refractivity contribution in [3.63, 3.8) is 0 Å². The van der Waals surface area contributed by atoms with E-state index in [1.165, 1.54) is 50.5 Å².